The summed E-state index contributed by atoms with van der Waals surface area (Å²) in [6, 6.07) is 9.83. The summed E-state index contributed by atoms with van der Waals surface area (Å²) < 4.78 is 9.10. The van der Waals surface area contributed by atoms with Gasteiger partial charge in [-0.2, -0.15) is 0 Å². The Labute approximate surface area is 171 Å². The van der Waals surface area contributed by atoms with Crippen molar-refractivity contribution < 1.29 is 9.53 Å². The second kappa shape index (κ2) is 7.54. The molecule has 10 heteroatoms. The summed E-state index contributed by atoms with van der Waals surface area (Å²) in [5.41, 5.74) is 8.82. The molecule has 0 bridgehead atoms. The zero-order valence-corrected chi connectivity index (χ0v) is 16.1. The first-order valence-electron chi connectivity index (χ1n) is 9.70. The molecule has 0 aliphatic heterocycles. The van der Waals surface area contributed by atoms with E-state index >= 15 is 0 Å². The van der Waals surface area contributed by atoms with Crippen LogP contribution >= 0.6 is 0 Å². The Morgan fingerprint density at radius 1 is 1.17 bits per heavy atom. The molecule has 0 spiro atoms. The number of rotatable bonds is 6. The minimum Gasteiger partial charge on any atom is -0.461 e. The fourth-order valence-corrected chi connectivity index (χ4v) is 3.60. The smallest absolute Gasteiger partial charge is 0.309 e. The van der Waals surface area contributed by atoms with Gasteiger partial charge in [-0.25, -0.2) is 19.6 Å². The van der Waals surface area contributed by atoms with Gasteiger partial charge in [0.1, 0.15) is 24.1 Å². The minimum absolute atomic E-state index is 0.0939. The quantitative estimate of drug-likeness (QED) is 0.482. The lowest BCUT2D eigenvalue weighted by atomic mass is 9.80. The maximum atomic E-state index is 12.2. The number of anilines is 1. The standard InChI is InChI=1S/C20H20N8O2/c21-18-17-19(23-11-22-18)27(12-24-17)8-15-9-28(26-25-15)16-6-14(7-16)20(29)30-10-13-4-2-1-3-5-13/h1-5,9,11-12,14,16H,6-8,10H2,(H2,21,22,23). The van der Waals surface area contributed by atoms with Crippen LogP contribution < -0.4 is 5.73 Å². The van der Waals surface area contributed by atoms with E-state index in [1.165, 1.54) is 6.33 Å². The zero-order chi connectivity index (χ0) is 20.5. The Morgan fingerprint density at radius 2 is 2.00 bits per heavy atom. The number of fused-ring (bicyclic) bond motifs is 1. The molecule has 3 heterocycles. The first-order valence-corrected chi connectivity index (χ1v) is 9.70. The molecule has 10 nitrogen and oxygen atoms in total. The topological polar surface area (TPSA) is 127 Å². The first kappa shape index (κ1) is 18.2. The number of nitrogens with zero attached hydrogens (tertiary/aromatic N) is 7. The maximum Gasteiger partial charge on any atom is 0.309 e. The molecule has 30 heavy (non-hydrogen) atoms. The number of imidazole rings is 1. The molecule has 1 aliphatic carbocycles. The average molecular weight is 404 g/mol. The lowest BCUT2D eigenvalue weighted by Crippen LogP contribution is -2.33. The van der Waals surface area contributed by atoms with Gasteiger partial charge in [0.2, 0.25) is 0 Å². The molecule has 5 rings (SSSR count). The number of nitrogens with two attached hydrogens (primary N) is 1. The third kappa shape index (κ3) is 3.47. The van der Waals surface area contributed by atoms with Gasteiger partial charge < -0.3 is 15.0 Å². The van der Waals surface area contributed by atoms with Crippen molar-refractivity contribution in [3.05, 3.63) is 60.4 Å². The Hall–Kier alpha value is -3.82. The van der Waals surface area contributed by atoms with Crippen LogP contribution in [0.4, 0.5) is 5.82 Å². The highest BCUT2D eigenvalue weighted by Gasteiger charge is 2.37. The predicted octanol–water partition coefficient (Wildman–Crippen LogP) is 1.74. The molecule has 152 valence electrons. The third-order valence-electron chi connectivity index (χ3n) is 5.36. The van der Waals surface area contributed by atoms with Crippen LogP contribution in [-0.4, -0.2) is 40.5 Å². The second-order valence-electron chi connectivity index (χ2n) is 7.41. The molecule has 1 fully saturated rings. The molecule has 0 radical (unpaired) electrons. The van der Waals surface area contributed by atoms with Gasteiger partial charge in [-0.15, -0.1) is 5.10 Å². The van der Waals surface area contributed by atoms with E-state index in [0.29, 0.717) is 43.0 Å². The van der Waals surface area contributed by atoms with Gasteiger partial charge >= 0.3 is 5.97 Å². The van der Waals surface area contributed by atoms with Crippen LogP contribution in [0, 0.1) is 5.92 Å². The van der Waals surface area contributed by atoms with Gasteiger partial charge in [0.25, 0.3) is 0 Å². The third-order valence-corrected chi connectivity index (χ3v) is 5.36. The van der Waals surface area contributed by atoms with Gasteiger partial charge in [0.15, 0.2) is 11.5 Å². The summed E-state index contributed by atoms with van der Waals surface area (Å²) in [5, 5.41) is 8.47. The highest BCUT2D eigenvalue weighted by atomic mass is 16.5. The number of hydrogen-bond acceptors (Lipinski definition) is 8. The van der Waals surface area contributed by atoms with E-state index in [9.17, 15) is 4.79 Å². The summed E-state index contributed by atoms with van der Waals surface area (Å²) in [5.74, 6) is 0.100. The summed E-state index contributed by atoms with van der Waals surface area (Å²) in [6.07, 6.45) is 6.38. The molecule has 1 aliphatic rings. The van der Waals surface area contributed by atoms with Crippen LogP contribution in [0.15, 0.2) is 49.2 Å². The van der Waals surface area contributed by atoms with E-state index in [1.807, 2.05) is 45.8 Å². The Bertz CT molecular complexity index is 1180. The summed E-state index contributed by atoms with van der Waals surface area (Å²) in [6.45, 7) is 0.781. The van der Waals surface area contributed by atoms with Crippen LogP contribution in [0.2, 0.25) is 0 Å². The van der Waals surface area contributed by atoms with E-state index in [2.05, 4.69) is 25.3 Å². The molecule has 1 aromatic carbocycles. The largest absolute Gasteiger partial charge is 0.461 e. The van der Waals surface area contributed by atoms with Crippen LogP contribution in [-0.2, 0) is 22.7 Å². The molecule has 2 N–H and O–H groups in total. The van der Waals surface area contributed by atoms with Crippen molar-refractivity contribution in [1.29, 1.82) is 0 Å². The molecule has 1 saturated carbocycles. The van der Waals surface area contributed by atoms with Crippen molar-refractivity contribution >= 4 is 23.0 Å². The van der Waals surface area contributed by atoms with E-state index in [0.717, 1.165) is 11.3 Å². The van der Waals surface area contributed by atoms with Crippen molar-refractivity contribution in [3.63, 3.8) is 0 Å². The van der Waals surface area contributed by atoms with Crippen molar-refractivity contribution in [2.24, 2.45) is 5.92 Å². The number of aromatic nitrogens is 7. The number of nitrogen functional groups attached to an aromatic ring is 1. The Morgan fingerprint density at radius 3 is 2.83 bits per heavy atom. The van der Waals surface area contributed by atoms with E-state index in [-0.39, 0.29) is 17.9 Å². The Balaban J connectivity index is 1.17. The molecule has 3 aromatic heterocycles. The lowest BCUT2D eigenvalue weighted by molar-refractivity contribution is -0.154. The van der Waals surface area contributed by atoms with Crippen LogP contribution in [0.1, 0.15) is 30.1 Å². The molecule has 0 saturated heterocycles. The SMILES string of the molecule is Nc1ncnc2c1ncn2Cc1cn(C2CC(C(=O)OCc3ccccc3)C2)nn1. The highest BCUT2D eigenvalue weighted by molar-refractivity contribution is 5.81. The molecular weight excluding hydrogens is 384 g/mol. The first-order chi connectivity index (χ1) is 14.7. The number of esters is 1. The normalized spacial score (nSPS) is 18.3. The second-order valence-corrected chi connectivity index (χ2v) is 7.41. The Kier molecular flexibility index (Phi) is 4.58. The van der Waals surface area contributed by atoms with Crippen molar-refractivity contribution in [1.82, 2.24) is 34.5 Å². The van der Waals surface area contributed by atoms with Crippen molar-refractivity contribution in [2.45, 2.75) is 32.0 Å². The van der Waals surface area contributed by atoms with Crippen molar-refractivity contribution in [2.75, 3.05) is 5.73 Å². The summed E-state index contributed by atoms with van der Waals surface area (Å²) in [7, 11) is 0. The number of ether oxygens (including phenoxy) is 1. The van der Waals surface area contributed by atoms with Crippen LogP contribution in [0.5, 0.6) is 0 Å². The van der Waals surface area contributed by atoms with E-state index in [4.69, 9.17) is 10.5 Å². The summed E-state index contributed by atoms with van der Waals surface area (Å²) >= 11 is 0. The lowest BCUT2D eigenvalue weighted by Gasteiger charge is -2.33. The average Bonchev–Trinajstić information content (AvgIpc) is 3.35. The van der Waals surface area contributed by atoms with E-state index < -0.39 is 0 Å². The number of benzene rings is 1. The van der Waals surface area contributed by atoms with Gasteiger partial charge in [-0.05, 0) is 18.4 Å². The van der Waals surface area contributed by atoms with Gasteiger partial charge in [0, 0.05) is 0 Å². The van der Waals surface area contributed by atoms with Gasteiger partial charge in [-0.3, -0.25) is 4.79 Å². The van der Waals surface area contributed by atoms with Crippen LogP contribution in [0.3, 0.4) is 0 Å². The minimum atomic E-state index is -0.155. The predicted molar refractivity (Wildman–Crippen MR) is 107 cm³/mol. The van der Waals surface area contributed by atoms with Gasteiger partial charge in [0.05, 0.1) is 31.0 Å². The number of carbonyl (C=O) groups excluding carboxylic acids is 1. The molecule has 4 aromatic rings. The molecule has 0 atom stereocenters. The maximum absolute atomic E-state index is 12.2. The molecular formula is C20H20N8O2. The molecule has 0 unspecified atom stereocenters. The van der Waals surface area contributed by atoms with E-state index in [1.54, 1.807) is 6.33 Å². The van der Waals surface area contributed by atoms with Gasteiger partial charge in [-0.1, -0.05) is 35.5 Å². The summed E-state index contributed by atoms with van der Waals surface area (Å²) in [4.78, 5) is 24.7. The fraction of sp³-hybridized carbons (Fsp3) is 0.300. The van der Waals surface area contributed by atoms with Crippen LogP contribution in [0.25, 0.3) is 11.2 Å². The monoisotopic (exact) mass is 404 g/mol. The molecule has 0 amide bonds. The highest BCUT2D eigenvalue weighted by Crippen LogP contribution is 2.38. The number of hydrogen-bond donors (Lipinski definition) is 1. The number of carbonyl (C=O) groups is 1. The zero-order valence-electron chi connectivity index (χ0n) is 16.1. The van der Waals surface area contributed by atoms with Crippen molar-refractivity contribution in [3.8, 4) is 0 Å². The fourth-order valence-electron chi connectivity index (χ4n) is 3.60.